The number of hydrogen-bond acceptors (Lipinski definition) is 1. The number of hydrogen-bond donors (Lipinski definition) is 1. The van der Waals surface area contributed by atoms with E-state index < -0.39 is 5.97 Å². The van der Waals surface area contributed by atoms with Crippen LogP contribution >= 0.6 is 0 Å². The molecule has 3 unspecified atom stereocenters. The van der Waals surface area contributed by atoms with Crippen molar-refractivity contribution in [3.63, 3.8) is 0 Å². The first-order valence-corrected chi connectivity index (χ1v) is 7.29. The molecule has 2 aliphatic rings. The quantitative estimate of drug-likeness (QED) is 0.786. The molecule has 0 aromatic rings. The molecule has 0 aliphatic heterocycles. The van der Waals surface area contributed by atoms with E-state index in [9.17, 15) is 9.90 Å². The monoisotopic (exact) mass is 238 g/mol. The molecule has 98 valence electrons. The molecule has 0 aromatic heterocycles. The molecule has 0 spiro atoms. The van der Waals surface area contributed by atoms with Crippen LogP contribution in [0, 0.1) is 23.2 Å². The number of aliphatic carboxylic acids is 1. The van der Waals surface area contributed by atoms with Crippen molar-refractivity contribution in [3.8, 4) is 0 Å². The predicted molar refractivity (Wildman–Crippen MR) is 68.8 cm³/mol. The summed E-state index contributed by atoms with van der Waals surface area (Å²) in [5, 5.41) is 9.69. The van der Waals surface area contributed by atoms with Gasteiger partial charge in [0.2, 0.25) is 0 Å². The summed E-state index contributed by atoms with van der Waals surface area (Å²) in [6.45, 7) is 4.62. The zero-order valence-electron chi connectivity index (χ0n) is 11.2. The van der Waals surface area contributed by atoms with Gasteiger partial charge < -0.3 is 5.11 Å². The van der Waals surface area contributed by atoms with Gasteiger partial charge in [0.25, 0.3) is 0 Å². The Balaban J connectivity index is 2.13. The molecule has 3 atom stereocenters. The van der Waals surface area contributed by atoms with E-state index in [1.807, 2.05) is 0 Å². The van der Waals surface area contributed by atoms with E-state index in [1.54, 1.807) is 0 Å². The van der Waals surface area contributed by atoms with Gasteiger partial charge in [-0.1, -0.05) is 39.5 Å². The van der Waals surface area contributed by atoms with Crippen molar-refractivity contribution in [3.05, 3.63) is 0 Å². The van der Waals surface area contributed by atoms with Crippen molar-refractivity contribution in [1.82, 2.24) is 0 Å². The first-order valence-electron chi connectivity index (χ1n) is 7.29. The van der Waals surface area contributed by atoms with Gasteiger partial charge in [0, 0.05) is 0 Å². The molecular formula is C15H26O2. The molecule has 1 N–H and O–H groups in total. The van der Waals surface area contributed by atoms with Crippen molar-refractivity contribution >= 4 is 5.97 Å². The van der Waals surface area contributed by atoms with Gasteiger partial charge in [0.15, 0.2) is 0 Å². The number of carboxylic acids is 1. The maximum atomic E-state index is 11.8. The van der Waals surface area contributed by atoms with Crippen LogP contribution in [0.3, 0.4) is 0 Å². The summed E-state index contributed by atoms with van der Waals surface area (Å²) in [4.78, 5) is 11.8. The highest BCUT2D eigenvalue weighted by Crippen LogP contribution is 2.50. The highest BCUT2D eigenvalue weighted by molar-refractivity contribution is 5.75. The van der Waals surface area contributed by atoms with E-state index in [0.29, 0.717) is 11.8 Å². The minimum Gasteiger partial charge on any atom is -0.481 e. The van der Waals surface area contributed by atoms with Crippen LogP contribution in [0.25, 0.3) is 0 Å². The van der Waals surface area contributed by atoms with E-state index >= 15 is 0 Å². The fourth-order valence-corrected chi connectivity index (χ4v) is 4.03. The lowest BCUT2D eigenvalue weighted by atomic mass is 9.59. The maximum absolute atomic E-state index is 11.8. The normalized spacial score (nSPS) is 37.6. The summed E-state index contributed by atoms with van der Waals surface area (Å²) < 4.78 is 0. The lowest BCUT2D eigenvalue weighted by molar-refractivity contribution is -0.157. The molecular weight excluding hydrogens is 212 g/mol. The highest BCUT2D eigenvalue weighted by atomic mass is 16.4. The Bertz CT molecular complexity index is 279. The Hall–Kier alpha value is -0.530. The van der Waals surface area contributed by atoms with Crippen molar-refractivity contribution in [2.45, 2.75) is 65.2 Å². The van der Waals surface area contributed by atoms with Gasteiger partial charge in [-0.15, -0.1) is 0 Å². The first-order chi connectivity index (χ1) is 8.06. The van der Waals surface area contributed by atoms with Crippen molar-refractivity contribution < 1.29 is 9.90 Å². The summed E-state index contributed by atoms with van der Waals surface area (Å²) in [6.07, 6.45) is 8.81. The molecule has 2 heteroatoms. The molecule has 0 saturated heterocycles. The van der Waals surface area contributed by atoms with Crippen molar-refractivity contribution in [2.75, 3.05) is 0 Å². The SMILES string of the molecule is CC1CCC(C2(C(=O)O)CCCCC2)CC1C. The third-order valence-corrected chi connectivity index (χ3v) is 5.55. The van der Waals surface area contributed by atoms with Gasteiger partial charge in [-0.05, 0) is 43.4 Å². The molecule has 2 aliphatic carbocycles. The number of rotatable bonds is 2. The standard InChI is InChI=1S/C15H26O2/c1-11-6-7-13(10-12(11)2)15(14(16)17)8-4-3-5-9-15/h11-13H,3-10H2,1-2H3,(H,16,17). The van der Waals surface area contributed by atoms with Crippen molar-refractivity contribution in [2.24, 2.45) is 23.2 Å². The van der Waals surface area contributed by atoms with Crippen LogP contribution in [0.5, 0.6) is 0 Å². The third-order valence-electron chi connectivity index (χ3n) is 5.55. The second-order valence-corrected chi connectivity index (χ2v) is 6.49. The summed E-state index contributed by atoms with van der Waals surface area (Å²) in [5.41, 5.74) is -0.368. The molecule has 0 amide bonds. The van der Waals surface area contributed by atoms with E-state index in [0.717, 1.165) is 44.4 Å². The van der Waals surface area contributed by atoms with Gasteiger partial charge in [-0.2, -0.15) is 0 Å². The average Bonchev–Trinajstić information content (AvgIpc) is 2.33. The number of carboxylic acid groups (broad SMARTS) is 1. The van der Waals surface area contributed by atoms with Gasteiger partial charge in [0.05, 0.1) is 5.41 Å². The molecule has 0 bridgehead atoms. The van der Waals surface area contributed by atoms with Crippen LogP contribution < -0.4 is 0 Å². The second kappa shape index (κ2) is 4.99. The maximum Gasteiger partial charge on any atom is 0.309 e. The Kier molecular flexibility index (Phi) is 3.79. The molecule has 2 fully saturated rings. The molecule has 0 radical (unpaired) electrons. The van der Waals surface area contributed by atoms with Gasteiger partial charge >= 0.3 is 5.97 Å². The highest BCUT2D eigenvalue weighted by Gasteiger charge is 2.47. The predicted octanol–water partition coefficient (Wildman–Crippen LogP) is 4.09. The Morgan fingerprint density at radius 2 is 1.71 bits per heavy atom. The summed E-state index contributed by atoms with van der Waals surface area (Å²) in [5.74, 6) is 1.41. The molecule has 2 nitrogen and oxygen atoms in total. The largest absolute Gasteiger partial charge is 0.481 e. The molecule has 2 rings (SSSR count). The Morgan fingerprint density at radius 3 is 2.24 bits per heavy atom. The molecule has 2 saturated carbocycles. The van der Waals surface area contributed by atoms with Crippen molar-refractivity contribution in [1.29, 1.82) is 0 Å². The van der Waals surface area contributed by atoms with Crippen LogP contribution in [-0.4, -0.2) is 11.1 Å². The zero-order valence-corrected chi connectivity index (χ0v) is 11.2. The third kappa shape index (κ3) is 2.36. The first kappa shape index (κ1) is 12.9. The van der Waals surface area contributed by atoms with E-state index in [4.69, 9.17) is 0 Å². The smallest absolute Gasteiger partial charge is 0.309 e. The van der Waals surface area contributed by atoms with E-state index in [2.05, 4.69) is 13.8 Å². The fraction of sp³-hybridized carbons (Fsp3) is 0.933. The van der Waals surface area contributed by atoms with Crippen LogP contribution in [-0.2, 0) is 4.79 Å². The minimum absolute atomic E-state index is 0.368. The van der Waals surface area contributed by atoms with Crippen LogP contribution in [0.1, 0.15) is 65.2 Å². The Labute approximate surface area is 105 Å². The summed E-state index contributed by atoms with van der Waals surface area (Å²) in [7, 11) is 0. The van der Waals surface area contributed by atoms with Gasteiger partial charge in [-0.25, -0.2) is 0 Å². The van der Waals surface area contributed by atoms with Crippen LogP contribution in [0.4, 0.5) is 0 Å². The summed E-state index contributed by atoms with van der Waals surface area (Å²) in [6, 6.07) is 0. The zero-order chi connectivity index (χ0) is 12.5. The second-order valence-electron chi connectivity index (χ2n) is 6.49. The van der Waals surface area contributed by atoms with E-state index in [-0.39, 0.29) is 5.41 Å². The fourth-order valence-electron chi connectivity index (χ4n) is 4.03. The Morgan fingerprint density at radius 1 is 1.06 bits per heavy atom. The lowest BCUT2D eigenvalue weighted by Crippen LogP contribution is -2.43. The lowest BCUT2D eigenvalue weighted by Gasteiger charge is -2.45. The minimum atomic E-state index is -0.510. The molecule has 0 aromatic carbocycles. The van der Waals surface area contributed by atoms with Crippen LogP contribution in [0.2, 0.25) is 0 Å². The number of carbonyl (C=O) groups is 1. The van der Waals surface area contributed by atoms with Crippen LogP contribution in [0.15, 0.2) is 0 Å². The average molecular weight is 238 g/mol. The van der Waals surface area contributed by atoms with E-state index in [1.165, 1.54) is 12.8 Å². The van der Waals surface area contributed by atoms with Gasteiger partial charge in [0.1, 0.15) is 0 Å². The topological polar surface area (TPSA) is 37.3 Å². The summed E-state index contributed by atoms with van der Waals surface area (Å²) >= 11 is 0. The molecule has 0 heterocycles. The molecule has 17 heavy (non-hydrogen) atoms. The van der Waals surface area contributed by atoms with Gasteiger partial charge in [-0.3, -0.25) is 4.79 Å².